The van der Waals surface area contributed by atoms with E-state index in [2.05, 4.69) is 27.3 Å². The summed E-state index contributed by atoms with van der Waals surface area (Å²) in [6.45, 7) is 12.7. The molecule has 0 spiro atoms. The van der Waals surface area contributed by atoms with Gasteiger partial charge in [0.1, 0.15) is 23.9 Å². The van der Waals surface area contributed by atoms with Crippen molar-refractivity contribution in [1.82, 2.24) is 4.98 Å². The van der Waals surface area contributed by atoms with E-state index in [-0.39, 0.29) is 23.2 Å². The summed E-state index contributed by atoms with van der Waals surface area (Å²) >= 11 is 5.97. The molecule has 3 rings (SSSR count). The van der Waals surface area contributed by atoms with Gasteiger partial charge in [0, 0.05) is 23.8 Å². The number of benzene rings is 1. The summed E-state index contributed by atoms with van der Waals surface area (Å²) in [5.74, 6) is -0.0618. The Kier molecular flexibility index (Phi) is 13.7. The zero-order chi connectivity index (χ0) is 25.6. The Labute approximate surface area is 199 Å². The molecule has 3 aromatic rings. The summed E-state index contributed by atoms with van der Waals surface area (Å²) in [4.78, 5) is 39.6. The van der Waals surface area contributed by atoms with E-state index < -0.39 is 10.9 Å². The number of aliphatic imine (C=N–C) groups is 1. The lowest BCUT2D eigenvalue weighted by molar-refractivity contribution is -0.0979. The summed E-state index contributed by atoms with van der Waals surface area (Å²) in [5.41, 5.74) is 0.681. The predicted octanol–water partition coefficient (Wildman–Crippen LogP) is 4.81. The lowest BCUT2D eigenvalue weighted by Crippen LogP contribution is -2.37. The standard InChI is InChI=1S/C19H18ClN3O3.C2H5N.C2H6.CH2O/c1-3-12(13-6-4-5-9-21-13)22-15-16(19(26)18(15)25)23-14-8-7-11(20)10(2)17(14)24;1-3-2;2*1-2/h4-9,12,22-24H,3H2,1-2H3;1H2,2H3;1-2H3;1H2/t12-;;;/m1.../s1. The van der Waals surface area contributed by atoms with Crippen LogP contribution in [-0.2, 0) is 4.79 Å². The van der Waals surface area contributed by atoms with Crippen molar-refractivity contribution in [2.75, 3.05) is 17.7 Å². The van der Waals surface area contributed by atoms with Gasteiger partial charge in [-0.15, -0.1) is 0 Å². The maximum absolute atomic E-state index is 12.0. The minimum Gasteiger partial charge on any atom is -0.505 e. The van der Waals surface area contributed by atoms with Crippen molar-refractivity contribution in [3.63, 3.8) is 0 Å². The number of phenols is 1. The largest absolute Gasteiger partial charge is 0.505 e. The maximum Gasteiger partial charge on any atom is 0.253 e. The van der Waals surface area contributed by atoms with Gasteiger partial charge in [-0.25, -0.2) is 0 Å². The van der Waals surface area contributed by atoms with Crippen LogP contribution in [0.3, 0.4) is 0 Å². The summed E-state index contributed by atoms with van der Waals surface area (Å²) in [6.07, 6.45) is 2.36. The van der Waals surface area contributed by atoms with Crippen LogP contribution >= 0.6 is 11.6 Å². The number of hydrogen-bond donors (Lipinski definition) is 3. The van der Waals surface area contributed by atoms with E-state index in [4.69, 9.17) is 16.4 Å². The number of nitrogens with zero attached hydrogens (tertiary/aromatic N) is 2. The molecular weight excluding hydrogens is 444 g/mol. The van der Waals surface area contributed by atoms with Gasteiger partial charge in [-0.2, -0.15) is 0 Å². The maximum atomic E-state index is 12.0. The minimum atomic E-state index is -0.629. The van der Waals surface area contributed by atoms with Gasteiger partial charge >= 0.3 is 0 Å². The van der Waals surface area contributed by atoms with Gasteiger partial charge in [-0.1, -0.05) is 38.4 Å². The van der Waals surface area contributed by atoms with Gasteiger partial charge in [0.15, 0.2) is 0 Å². The molecule has 2 aromatic carbocycles. The molecule has 178 valence electrons. The Morgan fingerprint density at radius 1 is 1.12 bits per heavy atom. The van der Waals surface area contributed by atoms with Crippen molar-refractivity contribution in [2.45, 2.75) is 40.2 Å². The molecule has 1 aromatic heterocycles. The van der Waals surface area contributed by atoms with Crippen molar-refractivity contribution in [3.05, 3.63) is 73.3 Å². The van der Waals surface area contributed by atoms with Crippen molar-refractivity contribution in [2.24, 2.45) is 4.99 Å². The third-order valence-electron chi connectivity index (χ3n) is 4.31. The molecule has 0 bridgehead atoms. The smallest absolute Gasteiger partial charge is 0.253 e. The number of halogens is 1. The number of carbonyl (C=O) groups is 1. The van der Waals surface area contributed by atoms with Crippen LogP contribution in [0.25, 0.3) is 0 Å². The van der Waals surface area contributed by atoms with Crippen molar-refractivity contribution in [3.8, 4) is 5.75 Å². The third kappa shape index (κ3) is 7.54. The Bertz CT molecular complexity index is 1080. The van der Waals surface area contributed by atoms with Crippen LogP contribution < -0.4 is 21.5 Å². The molecule has 0 fully saturated rings. The number of nitrogens with one attached hydrogen (secondary N) is 2. The monoisotopic (exact) mass is 474 g/mol. The average Bonchev–Trinajstić information content (AvgIpc) is 2.86. The molecule has 3 N–H and O–H groups in total. The highest BCUT2D eigenvalue weighted by Gasteiger charge is 2.25. The summed E-state index contributed by atoms with van der Waals surface area (Å²) in [6, 6.07) is 8.49. The Hall–Kier alpha value is -3.52. The van der Waals surface area contributed by atoms with Gasteiger partial charge in [0.25, 0.3) is 10.9 Å². The van der Waals surface area contributed by atoms with Gasteiger partial charge in [-0.3, -0.25) is 14.6 Å². The van der Waals surface area contributed by atoms with E-state index in [0.717, 1.165) is 5.69 Å². The fourth-order valence-electron chi connectivity index (χ4n) is 2.70. The minimum absolute atomic E-state index is 0.0618. The number of anilines is 3. The van der Waals surface area contributed by atoms with Gasteiger partial charge in [-0.05, 0) is 44.3 Å². The van der Waals surface area contributed by atoms with E-state index in [1.807, 2.05) is 45.8 Å². The van der Waals surface area contributed by atoms with Crippen LogP contribution in [0, 0.1) is 6.92 Å². The highest BCUT2D eigenvalue weighted by molar-refractivity contribution is 6.31. The number of rotatable bonds is 6. The van der Waals surface area contributed by atoms with Crippen LogP contribution in [-0.4, -0.2) is 30.6 Å². The van der Waals surface area contributed by atoms with Gasteiger partial charge < -0.3 is 25.5 Å². The predicted molar refractivity (Wildman–Crippen MR) is 137 cm³/mol. The Morgan fingerprint density at radius 3 is 2.21 bits per heavy atom. The fourth-order valence-corrected chi connectivity index (χ4v) is 2.85. The highest BCUT2D eigenvalue weighted by Crippen LogP contribution is 2.35. The van der Waals surface area contributed by atoms with Crippen molar-refractivity contribution in [1.29, 1.82) is 0 Å². The molecule has 0 saturated heterocycles. The Balaban J connectivity index is 0.00000132. The van der Waals surface area contributed by atoms with E-state index in [0.29, 0.717) is 22.7 Å². The van der Waals surface area contributed by atoms with Crippen LogP contribution in [0.4, 0.5) is 17.1 Å². The molecule has 0 amide bonds. The first kappa shape index (κ1) is 29.5. The molecule has 0 aliphatic heterocycles. The van der Waals surface area contributed by atoms with Crippen LogP contribution in [0.1, 0.15) is 44.5 Å². The van der Waals surface area contributed by atoms with Crippen molar-refractivity contribution < 1.29 is 9.90 Å². The first-order valence-corrected chi connectivity index (χ1v) is 10.6. The number of aromatic nitrogens is 1. The molecule has 1 atom stereocenters. The first-order valence-electron chi connectivity index (χ1n) is 10.2. The second-order valence-electron chi connectivity index (χ2n) is 6.28. The molecule has 0 aliphatic carbocycles. The molecule has 1 heterocycles. The van der Waals surface area contributed by atoms with E-state index in [1.54, 1.807) is 32.3 Å². The van der Waals surface area contributed by atoms with Gasteiger partial charge in [0.2, 0.25) is 0 Å². The van der Waals surface area contributed by atoms with Crippen LogP contribution in [0.15, 0.2) is 51.1 Å². The number of pyridine rings is 1. The summed E-state index contributed by atoms with van der Waals surface area (Å²) in [7, 11) is 1.64. The lowest BCUT2D eigenvalue weighted by Gasteiger charge is -2.21. The number of hydrogen-bond acceptors (Lipinski definition) is 8. The fraction of sp³-hybridized carbons (Fsp3) is 0.292. The van der Waals surface area contributed by atoms with E-state index in [1.165, 1.54) is 0 Å². The molecule has 9 heteroatoms. The number of carbonyl (C=O) groups excluding carboxylic acids is 1. The second kappa shape index (κ2) is 15.3. The number of aromatic hydroxyl groups is 1. The molecule has 8 nitrogen and oxygen atoms in total. The molecule has 0 saturated carbocycles. The lowest BCUT2D eigenvalue weighted by atomic mass is 10.1. The quantitative estimate of drug-likeness (QED) is 0.266. The summed E-state index contributed by atoms with van der Waals surface area (Å²) < 4.78 is 0. The Morgan fingerprint density at radius 2 is 1.70 bits per heavy atom. The molecule has 0 aliphatic rings. The number of phenolic OH excluding ortho intramolecular Hbond substituents is 1. The topological polar surface area (TPSA) is 121 Å². The van der Waals surface area contributed by atoms with E-state index >= 15 is 0 Å². The molecular formula is C24H31ClN4O4. The van der Waals surface area contributed by atoms with Crippen LogP contribution in [0.2, 0.25) is 5.02 Å². The van der Waals surface area contributed by atoms with E-state index in [9.17, 15) is 14.7 Å². The normalized spacial score (nSPS) is 10.2. The average molecular weight is 475 g/mol. The zero-order valence-electron chi connectivity index (χ0n) is 19.6. The van der Waals surface area contributed by atoms with Gasteiger partial charge in [0.05, 0.1) is 17.4 Å². The second-order valence-corrected chi connectivity index (χ2v) is 6.69. The van der Waals surface area contributed by atoms with Crippen molar-refractivity contribution >= 4 is 42.2 Å². The third-order valence-corrected chi connectivity index (χ3v) is 4.72. The highest BCUT2D eigenvalue weighted by atomic mass is 35.5. The first-order chi connectivity index (χ1) is 15.8. The SMILES string of the molecule is C=NC.C=O.CC.CC[C@@H](Nc1c(Nc2ccc(Cl)c(C)c2O)c(=O)c1=O)c1ccccn1. The molecule has 0 radical (unpaired) electrons. The zero-order valence-corrected chi connectivity index (χ0v) is 20.4. The molecule has 33 heavy (non-hydrogen) atoms. The molecule has 0 unspecified atom stereocenters. The summed E-state index contributed by atoms with van der Waals surface area (Å²) in [5, 5.41) is 16.5. The van der Waals surface area contributed by atoms with Crippen LogP contribution in [0.5, 0.6) is 5.75 Å².